The monoisotopic (exact) mass is 489 g/mol. The summed E-state index contributed by atoms with van der Waals surface area (Å²) in [7, 11) is -8.96. The summed E-state index contributed by atoms with van der Waals surface area (Å²) in [5, 5.41) is 0. The van der Waals surface area contributed by atoms with Crippen LogP contribution in [0.25, 0.3) is 11.1 Å². The second kappa shape index (κ2) is 9.05. The van der Waals surface area contributed by atoms with Crippen LogP contribution in [0.5, 0.6) is 0 Å². The molecule has 4 aromatic rings. The summed E-state index contributed by atoms with van der Waals surface area (Å²) in [6, 6.07) is 32.9. The fourth-order valence-corrected chi connectivity index (χ4v) is 8.43. The van der Waals surface area contributed by atoms with Gasteiger partial charge in [-0.1, -0.05) is 78.9 Å². The average Bonchev–Trinajstić information content (AvgIpc) is 2.84. The van der Waals surface area contributed by atoms with Gasteiger partial charge in [0.2, 0.25) is 0 Å². The Bertz CT molecular complexity index is 1270. The quantitative estimate of drug-likeness (QED) is 0.160. The zero-order chi connectivity index (χ0) is 23.5. The Hall–Kier alpha value is -3.07. The first-order valence-electron chi connectivity index (χ1n) is 9.89. The molecule has 170 valence electrons. The fourth-order valence-electron chi connectivity index (χ4n) is 3.44. The molecule has 0 spiro atoms. The van der Waals surface area contributed by atoms with Gasteiger partial charge >= 0.3 is 15.6 Å². The van der Waals surface area contributed by atoms with Crippen LogP contribution >= 0.6 is 10.3 Å². The van der Waals surface area contributed by atoms with E-state index >= 15 is 0 Å². The molecule has 1 N–H and O–H groups in total. The molecule has 33 heavy (non-hydrogen) atoms. The number of halogens is 3. The smallest absolute Gasteiger partial charge is 0.255 e. The van der Waals surface area contributed by atoms with Crippen molar-refractivity contribution in [2.45, 2.75) is 20.2 Å². The summed E-state index contributed by atoms with van der Waals surface area (Å²) in [6.45, 7) is 0. The Morgan fingerprint density at radius 2 is 0.879 bits per heavy atom. The van der Waals surface area contributed by atoms with E-state index in [0.29, 0.717) is 14.7 Å². The lowest BCUT2D eigenvalue weighted by Gasteiger charge is -2.34. The zero-order valence-electron chi connectivity index (χ0n) is 17.2. The fraction of sp³-hybridized carbons (Fsp3) is 0.0400. The Morgan fingerprint density at radius 3 is 1.30 bits per heavy atom. The van der Waals surface area contributed by atoms with Crippen molar-refractivity contribution >= 4 is 20.4 Å². The van der Waals surface area contributed by atoms with Crippen molar-refractivity contribution in [2.75, 3.05) is 0 Å². The minimum absolute atomic E-state index is 0.382. The van der Waals surface area contributed by atoms with E-state index in [9.17, 15) is 21.6 Å². The molecule has 0 fully saturated rings. The van der Waals surface area contributed by atoms with Crippen molar-refractivity contribution in [3.63, 3.8) is 0 Å². The Morgan fingerprint density at radius 1 is 0.515 bits per heavy atom. The van der Waals surface area contributed by atoms with Crippen LogP contribution in [0.3, 0.4) is 0 Å². The van der Waals surface area contributed by atoms with Crippen LogP contribution in [-0.4, -0.2) is 17.6 Å². The van der Waals surface area contributed by atoms with Gasteiger partial charge in [0.25, 0.3) is 0 Å². The highest BCUT2D eigenvalue weighted by atomic mass is 32.3. The number of hydrogen-bond donors (Lipinski definition) is 0. The molecule has 0 unspecified atom stereocenters. The van der Waals surface area contributed by atoms with E-state index in [1.807, 2.05) is 30.3 Å². The third kappa shape index (κ3) is 4.55. The number of hydrogen-bond acceptors (Lipinski definition) is 2. The molecule has 3 nitrogen and oxygen atoms in total. The normalized spacial score (nSPS) is 12.9. The predicted octanol–water partition coefficient (Wildman–Crippen LogP) is 7.49. The van der Waals surface area contributed by atoms with E-state index in [1.54, 1.807) is 84.9 Å². The maximum atomic E-state index is 13.5. The molecule has 0 saturated carbocycles. The van der Waals surface area contributed by atoms with Crippen LogP contribution in [0.15, 0.2) is 130 Å². The molecule has 0 aliphatic heterocycles. The minimum Gasteiger partial charge on any atom is -0.255 e. The Labute approximate surface area is 192 Å². The van der Waals surface area contributed by atoms with Gasteiger partial charge in [-0.25, -0.2) is 0 Å². The molecular weight excluding hydrogens is 469 g/mol. The summed E-state index contributed by atoms with van der Waals surface area (Å²) in [5.41, 5.74) is -3.73. The van der Waals surface area contributed by atoms with E-state index in [-0.39, 0.29) is 0 Å². The summed E-state index contributed by atoms with van der Waals surface area (Å²) in [5.74, 6) is 0. The third-order valence-corrected chi connectivity index (χ3v) is 10.1. The third-order valence-electron chi connectivity index (χ3n) is 4.97. The topological polar surface area (TPSA) is 46.9 Å². The highest BCUT2D eigenvalue weighted by molar-refractivity contribution is 8.32. The lowest BCUT2D eigenvalue weighted by molar-refractivity contribution is -0.0540. The zero-order valence-corrected chi connectivity index (χ0v) is 18.8. The van der Waals surface area contributed by atoms with Crippen LogP contribution in [0.4, 0.5) is 13.2 Å². The second-order valence-electron chi connectivity index (χ2n) is 7.09. The molecule has 4 rings (SSSR count). The molecule has 0 atom stereocenters. The highest BCUT2D eigenvalue weighted by Gasteiger charge is 2.57. The van der Waals surface area contributed by atoms with Crippen molar-refractivity contribution in [2.24, 2.45) is 0 Å². The molecule has 8 heteroatoms. The van der Waals surface area contributed by atoms with E-state index in [0.717, 1.165) is 11.1 Å². The van der Waals surface area contributed by atoms with Gasteiger partial charge in [-0.15, -0.1) is 8.42 Å². The molecule has 0 aliphatic rings. The van der Waals surface area contributed by atoms with Gasteiger partial charge in [0.1, 0.15) is 0 Å². The lowest BCUT2D eigenvalue weighted by Crippen LogP contribution is -2.30. The first kappa shape index (κ1) is 23.1. The Balaban J connectivity index is 1.98. The number of benzene rings is 4. The van der Waals surface area contributed by atoms with Crippen molar-refractivity contribution in [1.82, 2.24) is 0 Å². The van der Waals surface area contributed by atoms with E-state index in [1.165, 1.54) is 0 Å². The first-order valence-corrected chi connectivity index (χ1v) is 12.9. The van der Waals surface area contributed by atoms with Crippen molar-refractivity contribution in [3.8, 4) is 11.1 Å². The molecule has 4 aromatic carbocycles. The summed E-state index contributed by atoms with van der Waals surface area (Å²) >= 11 is 0. The molecular formula is C25H20F3O3S2+. The van der Waals surface area contributed by atoms with Crippen molar-refractivity contribution in [3.05, 3.63) is 115 Å². The molecule has 0 heterocycles. The van der Waals surface area contributed by atoms with Gasteiger partial charge in [-0.3, -0.25) is 3.63 Å². The van der Waals surface area contributed by atoms with Crippen molar-refractivity contribution < 1.29 is 25.2 Å². The highest BCUT2D eigenvalue weighted by Crippen LogP contribution is 2.68. The van der Waals surface area contributed by atoms with Crippen LogP contribution in [0.1, 0.15) is 0 Å². The van der Waals surface area contributed by atoms with Crippen LogP contribution < -0.4 is 0 Å². The SMILES string of the molecule is O=S(=O)([OH+]S(c1ccccc1)(c1ccccc1)c1ccc(-c2ccccc2)cc1)C(F)(F)F. The van der Waals surface area contributed by atoms with Crippen LogP contribution in [0, 0.1) is 0 Å². The Kier molecular flexibility index (Phi) is 6.34. The van der Waals surface area contributed by atoms with Gasteiger partial charge in [-0.05, 0) is 47.5 Å². The molecule has 0 radical (unpaired) electrons. The van der Waals surface area contributed by atoms with Gasteiger partial charge in [0.05, 0.1) is 25.0 Å². The largest absolute Gasteiger partial charge is 0.572 e. The molecule has 0 amide bonds. The minimum atomic E-state index is -5.80. The molecule has 0 aromatic heterocycles. The van der Waals surface area contributed by atoms with E-state index in [2.05, 4.69) is 3.63 Å². The maximum absolute atomic E-state index is 13.5. The molecule has 0 bridgehead atoms. The van der Waals surface area contributed by atoms with Crippen LogP contribution in [0.2, 0.25) is 0 Å². The summed E-state index contributed by atoms with van der Waals surface area (Å²) in [4.78, 5) is 1.15. The van der Waals surface area contributed by atoms with E-state index < -0.39 is 25.9 Å². The predicted molar refractivity (Wildman–Crippen MR) is 125 cm³/mol. The van der Waals surface area contributed by atoms with Gasteiger partial charge in [-0.2, -0.15) is 13.2 Å². The standard InChI is InChI=1S/C25H19F3O3S2/c26-25(27,28)33(29,30)31-32(22-12-6-2-7-13-22,23-14-8-3-9-15-23)24-18-16-21(17-19-24)20-10-4-1-5-11-20/h1-19H/p+1. The second-order valence-corrected chi connectivity index (χ2v) is 11.7. The van der Waals surface area contributed by atoms with Gasteiger partial charge < -0.3 is 0 Å². The van der Waals surface area contributed by atoms with Crippen molar-refractivity contribution in [1.29, 1.82) is 0 Å². The summed E-state index contributed by atoms with van der Waals surface area (Å²) < 4.78 is 69.0. The lowest BCUT2D eigenvalue weighted by atomic mass is 10.1. The van der Waals surface area contributed by atoms with Gasteiger partial charge in [0.15, 0.2) is 0 Å². The average molecular weight is 490 g/mol. The van der Waals surface area contributed by atoms with Gasteiger partial charge in [0, 0.05) is 0 Å². The first-order chi connectivity index (χ1) is 15.7. The summed E-state index contributed by atoms with van der Waals surface area (Å²) in [6.07, 6.45) is 0. The molecule has 0 aliphatic carbocycles. The number of alkyl halides is 3. The molecule has 0 saturated heterocycles. The maximum Gasteiger partial charge on any atom is 0.572 e. The number of rotatable bonds is 6. The van der Waals surface area contributed by atoms with Crippen LogP contribution in [-0.2, 0) is 10.1 Å². The van der Waals surface area contributed by atoms with E-state index in [4.69, 9.17) is 0 Å².